The normalized spacial score (nSPS) is 9.38. The van der Waals surface area contributed by atoms with Crippen LogP contribution in [0.15, 0.2) is 36.7 Å². The maximum absolute atomic E-state index is 8.79. The molecule has 0 aliphatic heterocycles. The van der Waals surface area contributed by atoms with E-state index in [1.54, 1.807) is 36.7 Å². The Kier molecular flexibility index (Phi) is 5.17. The predicted octanol–water partition coefficient (Wildman–Crippen LogP) is 2.50. The molecule has 0 unspecified atom stereocenters. The topological polar surface area (TPSA) is 71.9 Å². The lowest BCUT2D eigenvalue weighted by Crippen LogP contribution is -1.98. The fourth-order valence-electron chi connectivity index (χ4n) is 1.61. The summed E-state index contributed by atoms with van der Waals surface area (Å²) in [6.07, 6.45) is 3.25. The Morgan fingerprint density at radius 3 is 2.81 bits per heavy atom. The molecule has 4 nitrogen and oxygen atoms in total. The number of nitrogens with zero attached hydrogens (tertiary/aromatic N) is 2. The Balaban J connectivity index is 2.08. The van der Waals surface area contributed by atoms with E-state index in [0.717, 1.165) is 11.1 Å². The number of nitrogens with two attached hydrogens (primary N) is 1. The van der Waals surface area contributed by atoms with Crippen molar-refractivity contribution in [1.82, 2.24) is 4.98 Å². The SMILES string of the molecule is N#Cc1ccc(COc2cncc(C#CCN)c2)c(Cl)c1. The van der Waals surface area contributed by atoms with Crippen molar-refractivity contribution in [2.45, 2.75) is 6.61 Å². The smallest absolute Gasteiger partial charge is 0.139 e. The van der Waals surface area contributed by atoms with E-state index in [2.05, 4.69) is 16.8 Å². The number of halogens is 1. The van der Waals surface area contributed by atoms with Gasteiger partial charge in [0, 0.05) is 22.3 Å². The first-order valence-corrected chi connectivity index (χ1v) is 6.56. The third-order valence-electron chi connectivity index (χ3n) is 2.62. The van der Waals surface area contributed by atoms with Crippen molar-refractivity contribution in [3.05, 3.63) is 58.4 Å². The molecule has 0 atom stereocenters. The van der Waals surface area contributed by atoms with Crippen LogP contribution in [-0.2, 0) is 6.61 Å². The van der Waals surface area contributed by atoms with Crippen molar-refractivity contribution in [2.75, 3.05) is 6.54 Å². The molecule has 0 spiro atoms. The number of nitriles is 1. The highest BCUT2D eigenvalue weighted by molar-refractivity contribution is 6.31. The molecule has 2 aromatic rings. The van der Waals surface area contributed by atoms with Gasteiger partial charge in [-0.3, -0.25) is 4.98 Å². The van der Waals surface area contributed by atoms with Gasteiger partial charge in [-0.05, 0) is 18.2 Å². The van der Waals surface area contributed by atoms with Gasteiger partial charge in [0.05, 0.1) is 24.4 Å². The fraction of sp³-hybridized carbons (Fsp3) is 0.125. The highest BCUT2D eigenvalue weighted by atomic mass is 35.5. The summed E-state index contributed by atoms with van der Waals surface area (Å²) < 4.78 is 5.64. The first kappa shape index (κ1) is 14.9. The molecule has 0 radical (unpaired) electrons. The molecule has 1 heterocycles. The quantitative estimate of drug-likeness (QED) is 0.884. The number of rotatable bonds is 3. The Hall–Kier alpha value is -2.53. The third kappa shape index (κ3) is 4.22. The van der Waals surface area contributed by atoms with Gasteiger partial charge in [0.15, 0.2) is 0 Å². The summed E-state index contributed by atoms with van der Waals surface area (Å²) in [4.78, 5) is 4.06. The van der Waals surface area contributed by atoms with Gasteiger partial charge in [0.2, 0.25) is 0 Å². The molecule has 1 aromatic carbocycles. The van der Waals surface area contributed by atoms with Crippen LogP contribution in [0.25, 0.3) is 0 Å². The minimum Gasteiger partial charge on any atom is -0.487 e. The lowest BCUT2D eigenvalue weighted by Gasteiger charge is -2.08. The van der Waals surface area contributed by atoms with Crippen LogP contribution in [0.1, 0.15) is 16.7 Å². The van der Waals surface area contributed by atoms with Gasteiger partial charge in [0.25, 0.3) is 0 Å². The van der Waals surface area contributed by atoms with E-state index in [4.69, 9.17) is 27.3 Å². The molecule has 0 aliphatic carbocycles. The van der Waals surface area contributed by atoms with Crippen LogP contribution in [-0.4, -0.2) is 11.5 Å². The van der Waals surface area contributed by atoms with E-state index < -0.39 is 0 Å². The summed E-state index contributed by atoms with van der Waals surface area (Å²) in [7, 11) is 0. The fourth-order valence-corrected chi connectivity index (χ4v) is 1.85. The monoisotopic (exact) mass is 297 g/mol. The zero-order valence-corrected chi connectivity index (χ0v) is 11.9. The second-order valence-corrected chi connectivity index (χ2v) is 4.53. The zero-order chi connectivity index (χ0) is 15.1. The predicted molar refractivity (Wildman–Crippen MR) is 80.7 cm³/mol. The number of hydrogen-bond donors (Lipinski definition) is 1. The molecule has 0 saturated heterocycles. The van der Waals surface area contributed by atoms with Gasteiger partial charge in [-0.15, -0.1) is 0 Å². The summed E-state index contributed by atoms with van der Waals surface area (Å²) in [5.41, 5.74) is 7.38. The van der Waals surface area contributed by atoms with Crippen molar-refractivity contribution >= 4 is 11.6 Å². The van der Waals surface area contributed by atoms with Crippen LogP contribution >= 0.6 is 11.6 Å². The number of hydrogen-bond acceptors (Lipinski definition) is 4. The molecule has 5 heteroatoms. The van der Waals surface area contributed by atoms with E-state index in [1.165, 1.54) is 0 Å². The van der Waals surface area contributed by atoms with Gasteiger partial charge in [-0.1, -0.05) is 29.5 Å². The van der Waals surface area contributed by atoms with Crippen LogP contribution in [0.3, 0.4) is 0 Å². The highest BCUT2D eigenvalue weighted by Gasteiger charge is 2.03. The second-order valence-electron chi connectivity index (χ2n) is 4.12. The number of aromatic nitrogens is 1. The van der Waals surface area contributed by atoms with E-state index >= 15 is 0 Å². The average molecular weight is 298 g/mol. The molecule has 0 saturated carbocycles. The lowest BCUT2D eigenvalue weighted by atomic mass is 10.1. The average Bonchev–Trinajstić information content (AvgIpc) is 2.52. The molecule has 0 amide bonds. The van der Waals surface area contributed by atoms with Crippen molar-refractivity contribution in [3.8, 4) is 23.7 Å². The van der Waals surface area contributed by atoms with Gasteiger partial charge < -0.3 is 10.5 Å². The van der Waals surface area contributed by atoms with E-state index in [9.17, 15) is 0 Å². The van der Waals surface area contributed by atoms with E-state index in [1.807, 2.05) is 6.07 Å². The summed E-state index contributed by atoms with van der Waals surface area (Å²) >= 11 is 6.09. The Morgan fingerprint density at radius 2 is 2.10 bits per heavy atom. The van der Waals surface area contributed by atoms with Crippen LogP contribution in [0.4, 0.5) is 0 Å². The molecule has 21 heavy (non-hydrogen) atoms. The minimum atomic E-state index is 0.292. The number of benzene rings is 1. The van der Waals surface area contributed by atoms with E-state index in [-0.39, 0.29) is 0 Å². The summed E-state index contributed by atoms with van der Waals surface area (Å²) in [6, 6.07) is 8.90. The van der Waals surface area contributed by atoms with Crippen molar-refractivity contribution in [2.24, 2.45) is 5.73 Å². The molecular formula is C16H12ClN3O. The molecule has 0 aliphatic rings. The second kappa shape index (κ2) is 7.31. The lowest BCUT2D eigenvalue weighted by molar-refractivity contribution is 0.305. The molecule has 0 bridgehead atoms. The van der Waals surface area contributed by atoms with Gasteiger partial charge in [-0.25, -0.2) is 0 Å². The molecule has 0 fully saturated rings. The van der Waals surface area contributed by atoms with Crippen LogP contribution in [0.2, 0.25) is 5.02 Å². The molecule has 2 N–H and O–H groups in total. The minimum absolute atomic E-state index is 0.292. The molecule has 104 valence electrons. The van der Waals surface area contributed by atoms with Crippen molar-refractivity contribution in [1.29, 1.82) is 5.26 Å². The molecular weight excluding hydrogens is 286 g/mol. The van der Waals surface area contributed by atoms with E-state index in [0.29, 0.717) is 29.5 Å². The molecule has 2 rings (SSSR count). The maximum Gasteiger partial charge on any atom is 0.139 e. The van der Waals surface area contributed by atoms with Crippen molar-refractivity contribution in [3.63, 3.8) is 0 Å². The standard InChI is InChI=1S/C16H12ClN3O/c17-16-7-12(8-19)3-4-14(16)11-21-15-6-13(2-1-5-18)9-20-10-15/h3-4,6-7,9-10H,5,11,18H2. The van der Waals surface area contributed by atoms with Gasteiger partial charge >= 0.3 is 0 Å². The van der Waals surface area contributed by atoms with Crippen LogP contribution in [0, 0.1) is 23.2 Å². The van der Waals surface area contributed by atoms with Gasteiger partial charge in [0.1, 0.15) is 12.4 Å². The summed E-state index contributed by atoms with van der Waals surface area (Å²) in [5.74, 6) is 6.24. The number of ether oxygens (including phenoxy) is 1. The summed E-state index contributed by atoms with van der Waals surface area (Å²) in [6.45, 7) is 0.589. The van der Waals surface area contributed by atoms with Gasteiger partial charge in [-0.2, -0.15) is 5.26 Å². The third-order valence-corrected chi connectivity index (χ3v) is 2.98. The maximum atomic E-state index is 8.79. The Bertz CT molecular complexity index is 741. The first-order valence-electron chi connectivity index (χ1n) is 6.18. The molecule has 1 aromatic heterocycles. The first-order chi connectivity index (χ1) is 10.2. The largest absolute Gasteiger partial charge is 0.487 e. The highest BCUT2D eigenvalue weighted by Crippen LogP contribution is 2.20. The Labute approximate surface area is 128 Å². The zero-order valence-electron chi connectivity index (χ0n) is 11.1. The van der Waals surface area contributed by atoms with Crippen molar-refractivity contribution < 1.29 is 4.74 Å². The van der Waals surface area contributed by atoms with Crippen LogP contribution in [0.5, 0.6) is 5.75 Å². The number of pyridine rings is 1. The summed E-state index contributed by atoms with van der Waals surface area (Å²) in [5, 5.41) is 9.29. The Morgan fingerprint density at radius 1 is 1.24 bits per heavy atom. The van der Waals surface area contributed by atoms with Crippen LogP contribution < -0.4 is 10.5 Å².